The van der Waals surface area contributed by atoms with E-state index >= 15 is 0 Å². The molecule has 30 heavy (non-hydrogen) atoms. The predicted octanol–water partition coefficient (Wildman–Crippen LogP) is 3.01. The molecule has 1 amide bonds. The monoisotopic (exact) mass is 453 g/mol. The zero-order valence-corrected chi connectivity index (χ0v) is 19.1. The summed E-state index contributed by atoms with van der Waals surface area (Å²) in [7, 11) is -7.18. The average Bonchev–Trinajstić information content (AvgIpc) is 2.64. The topological polar surface area (TPSA) is 121 Å². The van der Waals surface area contributed by atoms with E-state index in [9.17, 15) is 21.6 Å². The summed E-state index contributed by atoms with van der Waals surface area (Å²) < 4.78 is 53.6. The summed E-state index contributed by atoms with van der Waals surface area (Å²) in [5, 5.41) is 2.75. The quantitative estimate of drug-likeness (QED) is 0.539. The fourth-order valence-corrected chi connectivity index (χ4v) is 5.11. The van der Waals surface area contributed by atoms with Gasteiger partial charge in [-0.1, -0.05) is 26.0 Å². The van der Waals surface area contributed by atoms with E-state index in [1.54, 1.807) is 52.0 Å². The van der Waals surface area contributed by atoms with Gasteiger partial charge in [-0.15, -0.1) is 0 Å². The lowest BCUT2D eigenvalue weighted by atomic mass is 10.1. The Morgan fingerprint density at radius 3 is 2.27 bits per heavy atom. The van der Waals surface area contributed by atoms with Gasteiger partial charge in [0.15, 0.2) is 0 Å². The fourth-order valence-electron chi connectivity index (χ4n) is 2.84. The molecule has 0 unspecified atom stereocenters. The lowest BCUT2D eigenvalue weighted by Gasteiger charge is -2.15. The van der Waals surface area contributed by atoms with Crippen molar-refractivity contribution in [1.29, 1.82) is 0 Å². The van der Waals surface area contributed by atoms with Crippen LogP contribution in [0.1, 0.15) is 41.8 Å². The van der Waals surface area contributed by atoms with Crippen LogP contribution in [0.5, 0.6) is 0 Å². The number of carbonyl (C=O) groups is 1. The zero-order valence-electron chi connectivity index (χ0n) is 17.4. The van der Waals surface area contributed by atoms with E-state index in [4.69, 9.17) is 0 Å². The van der Waals surface area contributed by atoms with Crippen molar-refractivity contribution in [2.45, 2.75) is 39.0 Å². The number of hydrogen-bond donors (Lipinski definition) is 3. The largest absolute Gasteiger partial charge is 0.322 e. The van der Waals surface area contributed by atoms with Crippen LogP contribution in [0, 0.1) is 13.8 Å². The second-order valence-corrected chi connectivity index (χ2v) is 10.4. The standard InChI is InChI=1S/C20H27N3O5S2/c1-5-12-29(25,26)23-19-9-7-8-18(15(19)4)22-20(24)17-13-16(11-10-14(17)3)30(27,28)21-6-2/h7-11,13,21,23H,5-6,12H2,1-4H3,(H,22,24). The highest BCUT2D eigenvalue weighted by Crippen LogP contribution is 2.26. The SMILES string of the molecule is CCCS(=O)(=O)Nc1cccc(NC(=O)c2cc(S(=O)(=O)NCC)ccc2C)c1C. The first-order valence-electron chi connectivity index (χ1n) is 9.52. The Kier molecular flexibility index (Phi) is 7.62. The lowest BCUT2D eigenvalue weighted by molar-refractivity contribution is 0.102. The molecule has 0 fully saturated rings. The Morgan fingerprint density at radius 1 is 0.967 bits per heavy atom. The van der Waals surface area contributed by atoms with E-state index in [1.165, 1.54) is 12.1 Å². The van der Waals surface area contributed by atoms with Gasteiger partial charge in [-0.2, -0.15) is 0 Å². The molecule has 0 bridgehead atoms. The van der Waals surface area contributed by atoms with Crippen LogP contribution < -0.4 is 14.8 Å². The molecule has 10 heteroatoms. The maximum atomic E-state index is 12.9. The molecule has 0 spiro atoms. The van der Waals surface area contributed by atoms with E-state index in [1.807, 2.05) is 0 Å². The minimum absolute atomic E-state index is 0.00195. The Morgan fingerprint density at radius 2 is 1.63 bits per heavy atom. The highest BCUT2D eigenvalue weighted by atomic mass is 32.2. The molecule has 0 atom stereocenters. The maximum Gasteiger partial charge on any atom is 0.255 e. The molecule has 2 aromatic carbocycles. The van der Waals surface area contributed by atoms with Crippen molar-refractivity contribution < 1.29 is 21.6 Å². The molecule has 0 radical (unpaired) electrons. The first-order valence-corrected chi connectivity index (χ1v) is 12.7. The van der Waals surface area contributed by atoms with E-state index < -0.39 is 26.0 Å². The van der Waals surface area contributed by atoms with Crippen molar-refractivity contribution in [1.82, 2.24) is 4.72 Å². The molecule has 2 rings (SSSR count). The molecule has 0 aromatic heterocycles. The number of aryl methyl sites for hydroxylation is 1. The van der Waals surface area contributed by atoms with Crippen molar-refractivity contribution >= 4 is 37.3 Å². The summed E-state index contributed by atoms with van der Waals surface area (Å²) in [6.07, 6.45) is 0.482. The van der Waals surface area contributed by atoms with Gasteiger partial charge in [0.25, 0.3) is 5.91 Å². The highest BCUT2D eigenvalue weighted by Gasteiger charge is 2.19. The second kappa shape index (κ2) is 9.59. The van der Waals surface area contributed by atoms with Gasteiger partial charge in [0.05, 0.1) is 16.3 Å². The van der Waals surface area contributed by atoms with Crippen LogP contribution in [0.15, 0.2) is 41.3 Å². The summed E-state index contributed by atoms with van der Waals surface area (Å²) in [6.45, 7) is 7.08. The van der Waals surface area contributed by atoms with Gasteiger partial charge in [-0.25, -0.2) is 21.6 Å². The smallest absolute Gasteiger partial charge is 0.255 e. The fraction of sp³-hybridized carbons (Fsp3) is 0.350. The van der Waals surface area contributed by atoms with E-state index in [0.29, 0.717) is 28.9 Å². The van der Waals surface area contributed by atoms with Crippen LogP contribution in [0.2, 0.25) is 0 Å². The highest BCUT2D eigenvalue weighted by molar-refractivity contribution is 7.92. The Labute approximate surface area is 178 Å². The molecule has 2 aromatic rings. The molecule has 0 aliphatic rings. The van der Waals surface area contributed by atoms with Crippen molar-refractivity contribution in [3.63, 3.8) is 0 Å². The zero-order chi connectivity index (χ0) is 22.5. The van der Waals surface area contributed by atoms with Gasteiger partial charge in [0, 0.05) is 17.8 Å². The summed E-state index contributed by atoms with van der Waals surface area (Å²) in [5.41, 5.74) is 2.18. The van der Waals surface area contributed by atoms with Crippen molar-refractivity contribution in [2.75, 3.05) is 22.3 Å². The first-order chi connectivity index (χ1) is 14.0. The number of rotatable bonds is 9. The third-order valence-electron chi connectivity index (χ3n) is 4.42. The Balaban J connectivity index is 2.34. The van der Waals surface area contributed by atoms with Crippen molar-refractivity contribution in [2.24, 2.45) is 0 Å². The van der Waals surface area contributed by atoms with Gasteiger partial charge in [-0.05, 0) is 55.7 Å². The first kappa shape index (κ1) is 23.8. The van der Waals surface area contributed by atoms with E-state index in [0.717, 1.165) is 0 Å². The maximum absolute atomic E-state index is 12.9. The summed E-state index contributed by atoms with van der Waals surface area (Å²) in [4.78, 5) is 12.9. The molecule has 3 N–H and O–H groups in total. The van der Waals surface area contributed by atoms with E-state index in [-0.39, 0.29) is 22.8 Å². The minimum atomic E-state index is -3.70. The lowest BCUT2D eigenvalue weighted by Crippen LogP contribution is -2.24. The van der Waals surface area contributed by atoms with Crippen LogP contribution in [0.3, 0.4) is 0 Å². The Hall–Kier alpha value is -2.43. The molecule has 8 nitrogen and oxygen atoms in total. The molecular formula is C20H27N3O5S2. The summed E-state index contributed by atoms with van der Waals surface area (Å²) >= 11 is 0. The normalized spacial score (nSPS) is 11.9. The molecular weight excluding hydrogens is 426 g/mol. The number of hydrogen-bond acceptors (Lipinski definition) is 5. The van der Waals surface area contributed by atoms with Gasteiger partial charge in [0.1, 0.15) is 0 Å². The number of amides is 1. The van der Waals surface area contributed by atoms with Gasteiger partial charge in [0.2, 0.25) is 20.0 Å². The molecule has 0 aliphatic heterocycles. The third kappa shape index (κ3) is 5.80. The molecule has 164 valence electrons. The van der Waals surface area contributed by atoms with E-state index in [2.05, 4.69) is 14.8 Å². The van der Waals surface area contributed by atoms with Gasteiger partial charge < -0.3 is 5.32 Å². The molecule has 0 saturated carbocycles. The van der Waals surface area contributed by atoms with Crippen LogP contribution >= 0.6 is 0 Å². The van der Waals surface area contributed by atoms with Crippen LogP contribution in [0.25, 0.3) is 0 Å². The van der Waals surface area contributed by atoms with Gasteiger partial charge >= 0.3 is 0 Å². The van der Waals surface area contributed by atoms with Crippen LogP contribution in [-0.4, -0.2) is 35.0 Å². The number of benzene rings is 2. The Bertz CT molecular complexity index is 1140. The van der Waals surface area contributed by atoms with Crippen molar-refractivity contribution in [3.8, 4) is 0 Å². The number of sulfonamides is 2. The molecule has 0 saturated heterocycles. The minimum Gasteiger partial charge on any atom is -0.322 e. The molecule has 0 heterocycles. The van der Waals surface area contributed by atoms with Crippen LogP contribution in [-0.2, 0) is 20.0 Å². The number of nitrogens with one attached hydrogen (secondary N) is 3. The number of carbonyl (C=O) groups excluding carboxylic acids is 1. The number of anilines is 2. The summed E-state index contributed by atoms with van der Waals surface area (Å²) in [5.74, 6) is -0.493. The van der Waals surface area contributed by atoms with Crippen molar-refractivity contribution in [3.05, 3.63) is 53.1 Å². The predicted molar refractivity (Wildman–Crippen MR) is 119 cm³/mol. The third-order valence-corrected chi connectivity index (χ3v) is 7.44. The van der Waals surface area contributed by atoms with Gasteiger partial charge in [-0.3, -0.25) is 9.52 Å². The summed E-state index contributed by atoms with van der Waals surface area (Å²) in [6, 6.07) is 9.24. The van der Waals surface area contributed by atoms with Crippen LogP contribution in [0.4, 0.5) is 11.4 Å². The second-order valence-electron chi connectivity index (χ2n) is 6.83. The average molecular weight is 454 g/mol. The molecule has 0 aliphatic carbocycles.